The van der Waals surface area contributed by atoms with Gasteiger partial charge in [0.25, 0.3) is 5.91 Å². The summed E-state index contributed by atoms with van der Waals surface area (Å²) in [5.41, 5.74) is 1.40. The van der Waals surface area contributed by atoms with E-state index in [2.05, 4.69) is 5.32 Å². The summed E-state index contributed by atoms with van der Waals surface area (Å²) in [5.74, 6) is -1.19. The van der Waals surface area contributed by atoms with E-state index in [1.54, 1.807) is 20.8 Å². The molecular formula is C14H19FN2O4. The highest BCUT2D eigenvalue weighted by molar-refractivity contribution is 5.85. The molecule has 3 N–H and O–H groups in total. The van der Waals surface area contributed by atoms with Crippen LogP contribution in [0.3, 0.4) is 0 Å². The Labute approximate surface area is 122 Å². The Kier molecular flexibility index (Phi) is 5.66. The number of amides is 2. The predicted molar refractivity (Wildman–Crippen MR) is 73.2 cm³/mol. The summed E-state index contributed by atoms with van der Waals surface area (Å²) < 4.78 is 17.9. The summed E-state index contributed by atoms with van der Waals surface area (Å²) in [6.45, 7) is 5.06. The Bertz CT molecular complexity index is 497. The number of hydrogen-bond acceptors (Lipinski definition) is 4. The van der Waals surface area contributed by atoms with Crippen molar-refractivity contribution in [2.45, 2.75) is 38.8 Å². The Balaban J connectivity index is 2.74. The molecule has 0 spiro atoms. The van der Waals surface area contributed by atoms with Gasteiger partial charge in [0.05, 0.1) is 0 Å². The van der Waals surface area contributed by atoms with Crippen LogP contribution in [0.2, 0.25) is 0 Å². The lowest BCUT2D eigenvalue weighted by Gasteiger charge is -2.22. The van der Waals surface area contributed by atoms with E-state index < -0.39 is 29.5 Å². The SMILES string of the molecule is CC(C)(C)OC(=O)NC(Cc1ccc(F)cc1)C(=O)NO. The third kappa shape index (κ3) is 6.22. The first-order chi connectivity index (χ1) is 9.71. The number of benzene rings is 1. The van der Waals surface area contributed by atoms with E-state index in [1.807, 2.05) is 0 Å². The predicted octanol–water partition coefficient (Wildman–Crippen LogP) is 1.77. The van der Waals surface area contributed by atoms with Crippen LogP contribution in [0.5, 0.6) is 0 Å². The molecule has 0 fully saturated rings. The Hall–Kier alpha value is -2.15. The highest BCUT2D eigenvalue weighted by atomic mass is 19.1. The van der Waals surface area contributed by atoms with Gasteiger partial charge in [-0.2, -0.15) is 0 Å². The zero-order valence-electron chi connectivity index (χ0n) is 12.1. The first-order valence-electron chi connectivity index (χ1n) is 6.39. The quantitative estimate of drug-likeness (QED) is 0.584. The molecule has 0 aliphatic carbocycles. The van der Waals surface area contributed by atoms with Crippen LogP contribution in [0, 0.1) is 5.82 Å². The molecule has 7 heteroatoms. The fourth-order valence-corrected chi connectivity index (χ4v) is 1.59. The first-order valence-corrected chi connectivity index (χ1v) is 6.39. The van der Waals surface area contributed by atoms with Gasteiger partial charge in [0.15, 0.2) is 0 Å². The molecule has 0 aliphatic heterocycles. The minimum atomic E-state index is -1.03. The molecule has 0 bridgehead atoms. The number of ether oxygens (including phenoxy) is 1. The number of rotatable bonds is 4. The molecule has 0 aromatic heterocycles. The third-order valence-electron chi connectivity index (χ3n) is 2.47. The fourth-order valence-electron chi connectivity index (χ4n) is 1.59. The molecule has 0 radical (unpaired) electrons. The summed E-state index contributed by atoms with van der Waals surface area (Å²) in [4.78, 5) is 23.3. The van der Waals surface area contributed by atoms with Crippen molar-refractivity contribution in [1.29, 1.82) is 0 Å². The van der Waals surface area contributed by atoms with Crippen LogP contribution in [0.1, 0.15) is 26.3 Å². The normalized spacial score (nSPS) is 12.4. The van der Waals surface area contributed by atoms with Crippen molar-refractivity contribution in [3.8, 4) is 0 Å². The molecule has 116 valence electrons. The van der Waals surface area contributed by atoms with Crippen molar-refractivity contribution in [2.75, 3.05) is 0 Å². The molecule has 1 unspecified atom stereocenters. The number of hydroxylamine groups is 1. The van der Waals surface area contributed by atoms with Crippen LogP contribution in [0.4, 0.5) is 9.18 Å². The number of nitrogens with one attached hydrogen (secondary N) is 2. The van der Waals surface area contributed by atoms with Crippen LogP contribution in [0.15, 0.2) is 24.3 Å². The van der Waals surface area contributed by atoms with Crippen molar-refractivity contribution >= 4 is 12.0 Å². The average Bonchev–Trinajstić information content (AvgIpc) is 2.37. The second-order valence-corrected chi connectivity index (χ2v) is 5.51. The smallest absolute Gasteiger partial charge is 0.408 e. The minimum Gasteiger partial charge on any atom is -0.444 e. The molecule has 0 saturated carbocycles. The molecule has 2 amide bonds. The highest BCUT2D eigenvalue weighted by Gasteiger charge is 2.24. The van der Waals surface area contributed by atoms with Crippen LogP contribution in [-0.2, 0) is 16.0 Å². The average molecular weight is 298 g/mol. The lowest BCUT2D eigenvalue weighted by atomic mass is 10.1. The molecule has 1 aromatic rings. The van der Waals surface area contributed by atoms with Gasteiger partial charge in [-0.05, 0) is 38.5 Å². The van der Waals surface area contributed by atoms with E-state index in [0.29, 0.717) is 5.56 Å². The van der Waals surface area contributed by atoms with Gasteiger partial charge in [0.2, 0.25) is 0 Å². The van der Waals surface area contributed by atoms with Gasteiger partial charge >= 0.3 is 6.09 Å². The maximum absolute atomic E-state index is 12.8. The minimum absolute atomic E-state index is 0.0892. The number of alkyl carbamates (subject to hydrolysis) is 1. The van der Waals surface area contributed by atoms with E-state index in [9.17, 15) is 14.0 Å². The van der Waals surface area contributed by atoms with E-state index in [4.69, 9.17) is 9.94 Å². The standard InChI is InChI=1S/C14H19FN2O4/c1-14(2,3)21-13(19)16-11(12(18)17-20)8-9-4-6-10(15)7-5-9/h4-7,11,20H,8H2,1-3H3,(H,16,19)(H,17,18). The summed E-state index contributed by atoms with van der Waals surface area (Å²) in [5, 5.41) is 11.1. The van der Waals surface area contributed by atoms with Crippen molar-refractivity contribution in [2.24, 2.45) is 0 Å². The lowest BCUT2D eigenvalue weighted by molar-refractivity contribution is -0.131. The second kappa shape index (κ2) is 7.03. The monoisotopic (exact) mass is 298 g/mol. The van der Waals surface area contributed by atoms with Crippen molar-refractivity contribution in [1.82, 2.24) is 10.8 Å². The van der Waals surface area contributed by atoms with Gasteiger partial charge in [0.1, 0.15) is 17.5 Å². The van der Waals surface area contributed by atoms with Crippen molar-refractivity contribution < 1.29 is 23.9 Å². The van der Waals surface area contributed by atoms with E-state index >= 15 is 0 Å². The molecular weight excluding hydrogens is 279 g/mol. The number of hydrogen-bond donors (Lipinski definition) is 3. The number of carbonyl (C=O) groups is 2. The Morgan fingerprint density at radius 2 is 1.86 bits per heavy atom. The Morgan fingerprint density at radius 1 is 1.29 bits per heavy atom. The number of carbonyl (C=O) groups excluding carboxylic acids is 2. The van der Waals surface area contributed by atoms with Crippen LogP contribution >= 0.6 is 0 Å². The maximum atomic E-state index is 12.8. The molecule has 6 nitrogen and oxygen atoms in total. The van der Waals surface area contributed by atoms with Gasteiger partial charge in [-0.1, -0.05) is 12.1 Å². The molecule has 0 heterocycles. The van der Waals surface area contributed by atoms with Gasteiger partial charge < -0.3 is 10.1 Å². The first kappa shape index (κ1) is 16.9. The van der Waals surface area contributed by atoms with Gasteiger partial charge in [-0.3, -0.25) is 10.0 Å². The molecule has 0 saturated heterocycles. The van der Waals surface area contributed by atoms with Crippen LogP contribution < -0.4 is 10.8 Å². The van der Waals surface area contributed by atoms with Gasteiger partial charge in [-0.25, -0.2) is 14.7 Å². The maximum Gasteiger partial charge on any atom is 0.408 e. The third-order valence-corrected chi connectivity index (χ3v) is 2.47. The van der Waals surface area contributed by atoms with Crippen molar-refractivity contribution in [3.63, 3.8) is 0 Å². The summed E-state index contributed by atoms with van der Waals surface area (Å²) >= 11 is 0. The summed E-state index contributed by atoms with van der Waals surface area (Å²) in [6, 6.07) is 4.44. The largest absolute Gasteiger partial charge is 0.444 e. The summed E-state index contributed by atoms with van der Waals surface area (Å²) in [7, 11) is 0. The van der Waals surface area contributed by atoms with Gasteiger partial charge in [0, 0.05) is 6.42 Å². The zero-order valence-corrected chi connectivity index (χ0v) is 12.1. The molecule has 1 aromatic carbocycles. The van der Waals surface area contributed by atoms with Crippen molar-refractivity contribution in [3.05, 3.63) is 35.6 Å². The van der Waals surface area contributed by atoms with Crippen LogP contribution in [-0.4, -0.2) is 28.9 Å². The molecule has 1 rings (SSSR count). The zero-order chi connectivity index (χ0) is 16.0. The topological polar surface area (TPSA) is 87.7 Å². The lowest BCUT2D eigenvalue weighted by Crippen LogP contribution is -2.48. The van der Waals surface area contributed by atoms with E-state index in [-0.39, 0.29) is 6.42 Å². The second-order valence-electron chi connectivity index (χ2n) is 5.51. The van der Waals surface area contributed by atoms with E-state index in [1.165, 1.54) is 29.7 Å². The molecule has 21 heavy (non-hydrogen) atoms. The molecule has 0 aliphatic rings. The fraction of sp³-hybridized carbons (Fsp3) is 0.429. The number of halogens is 1. The summed E-state index contributed by atoms with van der Waals surface area (Å²) in [6.07, 6.45) is -0.690. The van der Waals surface area contributed by atoms with E-state index in [0.717, 1.165) is 0 Å². The van der Waals surface area contributed by atoms with Crippen LogP contribution in [0.25, 0.3) is 0 Å². The Morgan fingerprint density at radius 3 is 2.33 bits per heavy atom. The molecule has 1 atom stereocenters. The van der Waals surface area contributed by atoms with Gasteiger partial charge in [-0.15, -0.1) is 0 Å². The highest BCUT2D eigenvalue weighted by Crippen LogP contribution is 2.09.